The Balaban J connectivity index is 1.63. The van der Waals surface area contributed by atoms with E-state index >= 15 is 0 Å². The van der Waals surface area contributed by atoms with Gasteiger partial charge in [0.1, 0.15) is 0 Å². The molecule has 1 atom stereocenters. The summed E-state index contributed by atoms with van der Waals surface area (Å²) < 4.78 is 28.3. The molecule has 0 aliphatic rings. The Labute approximate surface area is 190 Å². The summed E-state index contributed by atoms with van der Waals surface area (Å²) in [7, 11) is -3.80. The first-order valence-electron chi connectivity index (χ1n) is 11.1. The van der Waals surface area contributed by atoms with Crippen LogP contribution in [0.1, 0.15) is 55.8 Å². The molecule has 1 unspecified atom stereocenters. The molecule has 0 saturated carbocycles. The van der Waals surface area contributed by atoms with E-state index in [1.807, 2.05) is 24.3 Å². The minimum absolute atomic E-state index is 0.163. The number of fused-ring (bicyclic) bond motifs is 1. The summed E-state index contributed by atoms with van der Waals surface area (Å²) in [6.07, 6.45) is 5.92. The average Bonchev–Trinajstić information content (AvgIpc) is 2.78. The van der Waals surface area contributed by atoms with E-state index in [9.17, 15) is 13.2 Å². The fourth-order valence-electron chi connectivity index (χ4n) is 3.56. The minimum Gasteiger partial charge on any atom is -0.337 e. The highest BCUT2D eigenvalue weighted by Crippen LogP contribution is 2.22. The number of sulfonamides is 1. The summed E-state index contributed by atoms with van der Waals surface area (Å²) in [5.41, 5.74) is 6.71. The topological polar surface area (TPSA) is 101 Å². The van der Waals surface area contributed by atoms with Gasteiger partial charge in [-0.25, -0.2) is 8.42 Å². The van der Waals surface area contributed by atoms with Crippen LogP contribution in [0.5, 0.6) is 0 Å². The maximum Gasteiger partial charge on any atom is 0.261 e. The van der Waals surface area contributed by atoms with Crippen LogP contribution in [0.2, 0.25) is 0 Å². The van der Waals surface area contributed by atoms with Crippen molar-refractivity contribution in [1.82, 2.24) is 5.32 Å². The number of nitrogens with one attached hydrogen (secondary N) is 2. The molecule has 0 aliphatic carbocycles. The predicted molar refractivity (Wildman–Crippen MR) is 130 cm³/mol. The van der Waals surface area contributed by atoms with E-state index in [1.165, 1.54) is 25.3 Å². The van der Waals surface area contributed by atoms with Crippen LogP contribution >= 0.6 is 0 Å². The van der Waals surface area contributed by atoms with Crippen molar-refractivity contribution in [3.05, 3.63) is 72.3 Å². The molecule has 0 spiro atoms. The third-order valence-electron chi connectivity index (χ3n) is 5.34. The Morgan fingerprint density at radius 3 is 2.44 bits per heavy atom. The number of anilines is 1. The van der Waals surface area contributed by atoms with Gasteiger partial charge >= 0.3 is 0 Å². The molecule has 3 aromatic carbocycles. The summed E-state index contributed by atoms with van der Waals surface area (Å²) in [6, 6.07) is 19.0. The zero-order valence-electron chi connectivity index (χ0n) is 18.4. The van der Waals surface area contributed by atoms with Crippen molar-refractivity contribution in [3.63, 3.8) is 0 Å². The number of hydrogen-bond donors (Lipinski definition) is 3. The van der Waals surface area contributed by atoms with Crippen LogP contribution in [0.3, 0.4) is 0 Å². The van der Waals surface area contributed by atoms with Gasteiger partial charge < -0.3 is 11.1 Å². The molecule has 0 aromatic heterocycles. The molecule has 6 nitrogen and oxygen atoms in total. The van der Waals surface area contributed by atoms with Crippen LogP contribution in [0, 0.1) is 0 Å². The van der Waals surface area contributed by atoms with E-state index in [4.69, 9.17) is 5.73 Å². The fraction of sp³-hybridized carbons (Fsp3) is 0.320. The van der Waals surface area contributed by atoms with Crippen molar-refractivity contribution in [3.8, 4) is 0 Å². The second kappa shape index (κ2) is 11.1. The number of carbonyl (C=O) groups excluding carboxylic acids is 1. The molecule has 0 fully saturated rings. The maximum absolute atomic E-state index is 12.9. The van der Waals surface area contributed by atoms with Crippen LogP contribution in [-0.2, 0) is 10.0 Å². The summed E-state index contributed by atoms with van der Waals surface area (Å²) in [5, 5.41) is 4.60. The normalized spacial score (nSPS) is 12.4. The summed E-state index contributed by atoms with van der Waals surface area (Å²) in [6.45, 7) is 2.17. The Morgan fingerprint density at radius 2 is 1.66 bits per heavy atom. The maximum atomic E-state index is 12.9. The molecule has 0 aliphatic heterocycles. The summed E-state index contributed by atoms with van der Waals surface area (Å²) in [4.78, 5) is 12.7. The molecule has 0 bridgehead atoms. The smallest absolute Gasteiger partial charge is 0.261 e. The number of amides is 1. The lowest BCUT2D eigenvalue weighted by atomic mass is 10.1. The van der Waals surface area contributed by atoms with Crippen molar-refractivity contribution >= 4 is 32.4 Å². The number of nitrogens with two attached hydrogens (primary N) is 1. The molecule has 3 rings (SSSR count). The number of unbranched alkanes of at least 4 members (excludes halogenated alkanes) is 4. The van der Waals surface area contributed by atoms with Gasteiger partial charge in [-0.05, 0) is 47.5 Å². The molecule has 170 valence electrons. The Bertz CT molecular complexity index is 1160. The van der Waals surface area contributed by atoms with Gasteiger partial charge in [0.2, 0.25) is 0 Å². The first-order chi connectivity index (χ1) is 15.4. The van der Waals surface area contributed by atoms with Crippen LogP contribution < -0.4 is 15.8 Å². The highest BCUT2D eigenvalue weighted by molar-refractivity contribution is 7.92. The van der Waals surface area contributed by atoms with E-state index in [0.29, 0.717) is 17.7 Å². The Kier molecular flexibility index (Phi) is 8.25. The van der Waals surface area contributed by atoms with Gasteiger partial charge in [0.15, 0.2) is 0 Å². The lowest BCUT2D eigenvalue weighted by Crippen LogP contribution is -2.41. The predicted octanol–water partition coefficient (Wildman–Crippen LogP) is 5.02. The van der Waals surface area contributed by atoms with Gasteiger partial charge in [-0.3, -0.25) is 9.52 Å². The quantitative estimate of drug-likeness (QED) is 0.280. The van der Waals surface area contributed by atoms with Gasteiger partial charge in [-0.15, -0.1) is 0 Å². The van der Waals surface area contributed by atoms with Crippen LogP contribution in [0.4, 0.5) is 5.69 Å². The van der Waals surface area contributed by atoms with E-state index in [1.54, 1.807) is 36.4 Å². The molecule has 32 heavy (non-hydrogen) atoms. The van der Waals surface area contributed by atoms with Crippen molar-refractivity contribution in [2.45, 2.75) is 56.5 Å². The highest BCUT2D eigenvalue weighted by Gasteiger charge is 2.16. The summed E-state index contributed by atoms with van der Waals surface area (Å²) >= 11 is 0. The number of carbonyl (C=O) groups is 1. The van der Waals surface area contributed by atoms with E-state index in [-0.39, 0.29) is 10.8 Å². The van der Waals surface area contributed by atoms with Gasteiger partial charge in [-0.2, -0.15) is 0 Å². The molecule has 3 aromatic rings. The first-order valence-corrected chi connectivity index (χ1v) is 12.6. The lowest BCUT2D eigenvalue weighted by molar-refractivity contribution is 0.0935. The molecular formula is C25H31N3O3S. The van der Waals surface area contributed by atoms with E-state index in [0.717, 1.165) is 23.6 Å². The van der Waals surface area contributed by atoms with Gasteiger partial charge in [0, 0.05) is 11.3 Å². The molecular weight excluding hydrogens is 422 g/mol. The van der Waals surface area contributed by atoms with E-state index in [2.05, 4.69) is 17.0 Å². The lowest BCUT2D eigenvalue weighted by Gasteiger charge is -2.15. The SMILES string of the molecule is CCCCCCCC(N)NC(=O)c1cccc(NS(=O)(=O)c2ccc3ccccc3c2)c1. The highest BCUT2D eigenvalue weighted by atomic mass is 32.2. The molecule has 0 radical (unpaired) electrons. The van der Waals surface area contributed by atoms with Gasteiger partial charge in [-0.1, -0.05) is 75.4 Å². The molecule has 0 saturated heterocycles. The van der Waals surface area contributed by atoms with Crippen LogP contribution in [-0.4, -0.2) is 20.5 Å². The third-order valence-corrected chi connectivity index (χ3v) is 6.72. The first kappa shape index (κ1) is 23.8. The standard InChI is InChI=1S/C25H31N3O3S/c1-2-3-4-5-6-14-24(26)27-25(29)21-12-9-13-22(17-21)28-32(30,31)23-16-15-19-10-7-8-11-20(19)18-23/h7-13,15-18,24,28H,2-6,14,26H2,1H3,(H,27,29). The van der Waals surface area contributed by atoms with E-state index < -0.39 is 16.2 Å². The Morgan fingerprint density at radius 1 is 0.906 bits per heavy atom. The second-order valence-corrected chi connectivity index (χ2v) is 9.66. The molecule has 0 heterocycles. The average molecular weight is 454 g/mol. The van der Waals surface area contributed by atoms with Crippen LogP contribution in [0.15, 0.2) is 71.6 Å². The third kappa shape index (κ3) is 6.55. The summed E-state index contributed by atoms with van der Waals surface area (Å²) in [5.74, 6) is -0.321. The minimum atomic E-state index is -3.80. The van der Waals surface area contributed by atoms with Crippen LogP contribution in [0.25, 0.3) is 10.8 Å². The van der Waals surface area contributed by atoms with Crippen molar-refractivity contribution in [2.24, 2.45) is 5.73 Å². The van der Waals surface area contributed by atoms with Crippen molar-refractivity contribution < 1.29 is 13.2 Å². The van der Waals surface area contributed by atoms with Gasteiger partial charge in [0.05, 0.1) is 11.1 Å². The van der Waals surface area contributed by atoms with Gasteiger partial charge in [0.25, 0.3) is 15.9 Å². The molecule has 4 N–H and O–H groups in total. The van der Waals surface area contributed by atoms with Crippen molar-refractivity contribution in [1.29, 1.82) is 0 Å². The second-order valence-electron chi connectivity index (χ2n) is 7.98. The Hall–Kier alpha value is -2.90. The molecule has 1 amide bonds. The fourth-order valence-corrected chi connectivity index (χ4v) is 4.65. The molecule has 7 heteroatoms. The largest absolute Gasteiger partial charge is 0.337 e. The van der Waals surface area contributed by atoms with Crippen molar-refractivity contribution in [2.75, 3.05) is 4.72 Å². The number of rotatable bonds is 11. The zero-order valence-corrected chi connectivity index (χ0v) is 19.2. The zero-order chi connectivity index (χ0) is 23.0. The number of benzene rings is 3. The number of hydrogen-bond acceptors (Lipinski definition) is 4. The monoisotopic (exact) mass is 453 g/mol.